The van der Waals surface area contributed by atoms with Crippen molar-refractivity contribution >= 4 is 11.8 Å². The highest BCUT2D eigenvalue weighted by Crippen LogP contribution is 2.12. The Morgan fingerprint density at radius 2 is 1.84 bits per heavy atom. The van der Waals surface area contributed by atoms with Crippen molar-refractivity contribution in [3.05, 3.63) is 65.5 Å². The van der Waals surface area contributed by atoms with Gasteiger partial charge in [0.2, 0.25) is 0 Å². The van der Waals surface area contributed by atoms with E-state index in [1.54, 1.807) is 6.07 Å². The van der Waals surface area contributed by atoms with E-state index < -0.39 is 0 Å². The number of amides is 2. The Bertz CT molecular complexity index is 701. The third-order valence-electron chi connectivity index (χ3n) is 3.97. The highest BCUT2D eigenvalue weighted by Gasteiger charge is 2.14. The maximum absolute atomic E-state index is 12.4. The van der Waals surface area contributed by atoms with Crippen molar-refractivity contribution in [2.24, 2.45) is 0 Å². The lowest BCUT2D eigenvalue weighted by atomic mass is 10.1. The van der Waals surface area contributed by atoms with Gasteiger partial charge in [-0.2, -0.15) is 0 Å². The fourth-order valence-electron chi connectivity index (χ4n) is 2.47. The highest BCUT2D eigenvalue weighted by atomic mass is 16.2. The zero-order valence-corrected chi connectivity index (χ0v) is 14.8. The second-order valence-electron chi connectivity index (χ2n) is 6.00. The number of rotatable bonds is 8. The molecule has 1 atom stereocenters. The maximum Gasteiger partial charge on any atom is 0.270 e. The summed E-state index contributed by atoms with van der Waals surface area (Å²) in [5.74, 6) is -0.472. The molecule has 1 unspecified atom stereocenters. The Hall–Kier alpha value is -2.69. The lowest BCUT2D eigenvalue weighted by molar-refractivity contribution is 0.0935. The second-order valence-corrected chi connectivity index (χ2v) is 6.00. The largest absolute Gasteiger partial charge is 0.352 e. The van der Waals surface area contributed by atoms with Crippen molar-refractivity contribution < 1.29 is 9.59 Å². The predicted molar refractivity (Wildman–Crippen MR) is 98.4 cm³/mol. The average Bonchev–Trinajstić information content (AvgIpc) is 2.65. The molecule has 2 aromatic rings. The summed E-state index contributed by atoms with van der Waals surface area (Å²) in [5.41, 5.74) is 1.70. The lowest BCUT2D eigenvalue weighted by Gasteiger charge is -2.14. The van der Waals surface area contributed by atoms with E-state index in [1.165, 1.54) is 12.3 Å². The third kappa shape index (κ3) is 5.71. The van der Waals surface area contributed by atoms with Crippen molar-refractivity contribution in [2.75, 3.05) is 6.54 Å². The van der Waals surface area contributed by atoms with Gasteiger partial charge in [0, 0.05) is 18.3 Å². The Balaban J connectivity index is 1.97. The van der Waals surface area contributed by atoms with Crippen LogP contribution in [-0.4, -0.2) is 23.3 Å². The molecule has 0 bridgehead atoms. The molecule has 0 aliphatic carbocycles. The van der Waals surface area contributed by atoms with E-state index in [-0.39, 0.29) is 23.6 Å². The molecule has 5 heteroatoms. The van der Waals surface area contributed by atoms with Gasteiger partial charge < -0.3 is 10.6 Å². The molecule has 5 nitrogen and oxygen atoms in total. The van der Waals surface area contributed by atoms with Crippen LogP contribution in [0, 0.1) is 0 Å². The van der Waals surface area contributed by atoms with Gasteiger partial charge in [-0.05, 0) is 31.0 Å². The number of hydrogen-bond donors (Lipinski definition) is 2. The zero-order valence-electron chi connectivity index (χ0n) is 14.8. The topological polar surface area (TPSA) is 71.1 Å². The standard InChI is InChI=1S/C20H25N3O2/c1-3-4-8-12-22-19(24)17-11-13-21-18(14-17)20(25)23-15(2)16-9-6-5-7-10-16/h5-7,9-11,13-15H,3-4,8,12H2,1-2H3,(H,22,24)(H,23,25). The molecule has 2 amide bonds. The molecule has 132 valence electrons. The quantitative estimate of drug-likeness (QED) is 0.723. The summed E-state index contributed by atoms with van der Waals surface area (Å²) in [7, 11) is 0. The molecular formula is C20H25N3O2. The number of nitrogens with one attached hydrogen (secondary N) is 2. The summed E-state index contributed by atoms with van der Waals surface area (Å²) in [6, 6.07) is 12.7. The van der Waals surface area contributed by atoms with Gasteiger partial charge in [-0.1, -0.05) is 50.1 Å². The van der Waals surface area contributed by atoms with E-state index in [4.69, 9.17) is 0 Å². The van der Waals surface area contributed by atoms with Gasteiger partial charge in [0.15, 0.2) is 0 Å². The van der Waals surface area contributed by atoms with Crippen LogP contribution in [0.4, 0.5) is 0 Å². The van der Waals surface area contributed by atoms with E-state index >= 15 is 0 Å². The number of carbonyl (C=O) groups excluding carboxylic acids is 2. The highest BCUT2D eigenvalue weighted by molar-refractivity contribution is 5.98. The summed E-state index contributed by atoms with van der Waals surface area (Å²) >= 11 is 0. The van der Waals surface area contributed by atoms with E-state index in [9.17, 15) is 9.59 Å². The van der Waals surface area contributed by atoms with Crippen LogP contribution in [0.2, 0.25) is 0 Å². The fourth-order valence-corrected chi connectivity index (χ4v) is 2.47. The number of hydrogen-bond acceptors (Lipinski definition) is 3. The molecule has 0 aliphatic rings. The number of carbonyl (C=O) groups is 2. The Morgan fingerprint density at radius 3 is 2.56 bits per heavy atom. The van der Waals surface area contributed by atoms with Crippen molar-refractivity contribution in [1.82, 2.24) is 15.6 Å². The summed E-state index contributed by atoms with van der Waals surface area (Å²) in [5, 5.41) is 5.77. The molecule has 1 aromatic carbocycles. The summed E-state index contributed by atoms with van der Waals surface area (Å²) in [4.78, 5) is 28.6. The SMILES string of the molecule is CCCCCNC(=O)c1ccnc(C(=O)NC(C)c2ccccc2)c1. The molecule has 0 saturated heterocycles. The summed E-state index contributed by atoms with van der Waals surface area (Å²) < 4.78 is 0. The molecular weight excluding hydrogens is 314 g/mol. The molecule has 1 heterocycles. The minimum atomic E-state index is -0.294. The first-order valence-electron chi connectivity index (χ1n) is 8.72. The van der Waals surface area contributed by atoms with Gasteiger partial charge in [-0.15, -0.1) is 0 Å². The molecule has 2 N–H and O–H groups in total. The van der Waals surface area contributed by atoms with Gasteiger partial charge in [0.1, 0.15) is 5.69 Å². The van der Waals surface area contributed by atoms with Crippen LogP contribution in [0.1, 0.15) is 65.6 Å². The predicted octanol–water partition coefficient (Wildman–Crippen LogP) is 3.49. The molecule has 25 heavy (non-hydrogen) atoms. The van der Waals surface area contributed by atoms with E-state index in [1.807, 2.05) is 37.3 Å². The van der Waals surface area contributed by atoms with Crippen molar-refractivity contribution in [3.8, 4) is 0 Å². The van der Waals surface area contributed by atoms with E-state index in [0.717, 1.165) is 24.8 Å². The average molecular weight is 339 g/mol. The normalized spacial score (nSPS) is 11.6. The molecule has 2 rings (SSSR count). The third-order valence-corrected chi connectivity index (χ3v) is 3.97. The van der Waals surface area contributed by atoms with Crippen LogP contribution in [0.15, 0.2) is 48.7 Å². The van der Waals surface area contributed by atoms with Crippen LogP contribution in [-0.2, 0) is 0 Å². The molecule has 0 radical (unpaired) electrons. The van der Waals surface area contributed by atoms with Gasteiger partial charge >= 0.3 is 0 Å². The number of pyridine rings is 1. The lowest BCUT2D eigenvalue weighted by Crippen LogP contribution is -2.28. The molecule has 0 aliphatic heterocycles. The number of benzene rings is 1. The van der Waals surface area contributed by atoms with Crippen LogP contribution in [0.5, 0.6) is 0 Å². The maximum atomic E-state index is 12.4. The van der Waals surface area contributed by atoms with Crippen molar-refractivity contribution in [3.63, 3.8) is 0 Å². The second kappa shape index (κ2) is 9.57. The number of unbranched alkanes of at least 4 members (excludes halogenated alkanes) is 2. The van der Waals surface area contributed by atoms with Crippen molar-refractivity contribution in [2.45, 2.75) is 39.2 Å². The summed E-state index contributed by atoms with van der Waals surface area (Å²) in [6.45, 7) is 4.67. The van der Waals surface area contributed by atoms with Gasteiger partial charge in [0.25, 0.3) is 11.8 Å². The Labute approximate surface area is 148 Å². The number of nitrogens with zero attached hydrogens (tertiary/aromatic N) is 1. The Morgan fingerprint density at radius 1 is 1.08 bits per heavy atom. The minimum Gasteiger partial charge on any atom is -0.352 e. The molecule has 1 aromatic heterocycles. The Kier molecular flexibility index (Phi) is 7.14. The van der Waals surface area contributed by atoms with Crippen LogP contribution in [0.3, 0.4) is 0 Å². The van der Waals surface area contributed by atoms with Crippen LogP contribution in [0.25, 0.3) is 0 Å². The fraction of sp³-hybridized carbons (Fsp3) is 0.350. The molecule has 0 spiro atoms. The monoisotopic (exact) mass is 339 g/mol. The summed E-state index contributed by atoms with van der Waals surface area (Å²) in [6.07, 6.45) is 4.63. The molecule has 0 fully saturated rings. The van der Waals surface area contributed by atoms with Gasteiger partial charge in [-0.3, -0.25) is 14.6 Å². The first-order chi connectivity index (χ1) is 12.1. The number of aromatic nitrogens is 1. The van der Waals surface area contributed by atoms with E-state index in [2.05, 4.69) is 22.5 Å². The van der Waals surface area contributed by atoms with E-state index in [0.29, 0.717) is 12.1 Å². The van der Waals surface area contributed by atoms with Gasteiger partial charge in [0.05, 0.1) is 6.04 Å². The smallest absolute Gasteiger partial charge is 0.270 e. The zero-order chi connectivity index (χ0) is 18.1. The van der Waals surface area contributed by atoms with Crippen LogP contribution >= 0.6 is 0 Å². The molecule has 0 saturated carbocycles. The van der Waals surface area contributed by atoms with Crippen LogP contribution < -0.4 is 10.6 Å². The minimum absolute atomic E-state index is 0.137. The first-order valence-corrected chi connectivity index (χ1v) is 8.72. The first kappa shape index (κ1) is 18.6. The van der Waals surface area contributed by atoms with Gasteiger partial charge in [-0.25, -0.2) is 0 Å². The van der Waals surface area contributed by atoms with Crippen molar-refractivity contribution in [1.29, 1.82) is 0 Å².